The number of methoxy groups -OCH3 is 1. The maximum atomic E-state index is 8.85. The molecule has 1 aromatic rings. The molecular formula is C13H17N3OS. The molecule has 4 nitrogen and oxygen atoms in total. The fraction of sp³-hybridized carbons (Fsp3) is 0.385. The number of rotatable bonds is 5. The van der Waals surface area contributed by atoms with Gasteiger partial charge >= 0.3 is 0 Å². The highest BCUT2D eigenvalue weighted by Gasteiger charge is 2.06. The third-order valence-corrected chi connectivity index (χ3v) is 2.89. The van der Waals surface area contributed by atoms with Crippen LogP contribution in [0.3, 0.4) is 0 Å². The Balaban J connectivity index is 2.55. The van der Waals surface area contributed by atoms with E-state index < -0.39 is 0 Å². The largest absolute Gasteiger partial charge is 0.385 e. The van der Waals surface area contributed by atoms with E-state index in [2.05, 4.69) is 11.4 Å². The molecule has 0 saturated heterocycles. The predicted molar refractivity (Wildman–Crippen MR) is 76.7 cm³/mol. The van der Waals surface area contributed by atoms with Crippen LogP contribution >= 0.6 is 12.2 Å². The Hall–Kier alpha value is -1.64. The molecule has 0 heterocycles. The van der Waals surface area contributed by atoms with Crippen LogP contribution in [0.5, 0.6) is 0 Å². The van der Waals surface area contributed by atoms with Crippen molar-refractivity contribution in [1.82, 2.24) is 5.32 Å². The normalized spacial score (nSPS) is 9.61. The van der Waals surface area contributed by atoms with Crippen LogP contribution in [-0.4, -0.2) is 32.4 Å². The molecule has 1 rings (SSSR count). The van der Waals surface area contributed by atoms with E-state index in [9.17, 15) is 0 Å². The molecule has 0 bridgehead atoms. The lowest BCUT2D eigenvalue weighted by atomic mass is 10.2. The fourth-order valence-corrected chi connectivity index (χ4v) is 1.64. The number of nitriles is 1. The van der Waals surface area contributed by atoms with Gasteiger partial charge < -0.3 is 15.0 Å². The van der Waals surface area contributed by atoms with Gasteiger partial charge in [-0.2, -0.15) is 5.26 Å². The topological polar surface area (TPSA) is 48.3 Å². The van der Waals surface area contributed by atoms with Gasteiger partial charge in [0, 0.05) is 33.0 Å². The van der Waals surface area contributed by atoms with Crippen molar-refractivity contribution in [2.24, 2.45) is 0 Å². The van der Waals surface area contributed by atoms with Gasteiger partial charge in [0.25, 0.3) is 0 Å². The van der Waals surface area contributed by atoms with Gasteiger partial charge in [0.05, 0.1) is 11.6 Å². The number of benzene rings is 1. The van der Waals surface area contributed by atoms with Gasteiger partial charge in [-0.25, -0.2) is 0 Å². The molecule has 1 N–H and O–H groups in total. The van der Waals surface area contributed by atoms with Gasteiger partial charge in [-0.3, -0.25) is 0 Å². The number of anilines is 1. The smallest absolute Gasteiger partial charge is 0.173 e. The minimum absolute atomic E-state index is 0.626. The first-order valence-corrected chi connectivity index (χ1v) is 6.10. The number of ether oxygens (including phenoxy) is 1. The van der Waals surface area contributed by atoms with Crippen molar-refractivity contribution in [3.63, 3.8) is 0 Å². The summed E-state index contributed by atoms with van der Waals surface area (Å²) >= 11 is 5.28. The summed E-state index contributed by atoms with van der Waals surface area (Å²) in [7, 11) is 3.56. The fourth-order valence-electron chi connectivity index (χ4n) is 1.43. The Morgan fingerprint density at radius 1 is 1.56 bits per heavy atom. The maximum absolute atomic E-state index is 8.85. The Morgan fingerprint density at radius 2 is 2.33 bits per heavy atom. The first-order valence-electron chi connectivity index (χ1n) is 5.69. The quantitative estimate of drug-likeness (QED) is 0.649. The number of nitrogens with zero attached hydrogens (tertiary/aromatic N) is 2. The highest BCUT2D eigenvalue weighted by Crippen LogP contribution is 2.14. The van der Waals surface area contributed by atoms with Crippen LogP contribution < -0.4 is 10.2 Å². The molecule has 0 amide bonds. The summed E-state index contributed by atoms with van der Waals surface area (Å²) in [6.45, 7) is 1.48. The predicted octanol–water partition coefficient (Wildman–Crippen LogP) is 1.91. The molecule has 1 aromatic carbocycles. The standard InChI is InChI=1S/C13H17N3OS/c1-16(13(18)15-7-4-8-17-2)12-6-3-5-11(9-12)10-14/h3,5-6,9H,4,7-8H2,1-2H3,(H,15,18). The Kier molecular flexibility index (Phi) is 6.12. The molecule has 0 radical (unpaired) electrons. The van der Waals surface area contributed by atoms with Crippen LogP contribution in [0.2, 0.25) is 0 Å². The zero-order valence-corrected chi connectivity index (χ0v) is 11.5. The summed E-state index contributed by atoms with van der Waals surface area (Å²) in [4.78, 5) is 1.85. The Morgan fingerprint density at radius 3 is 3.00 bits per heavy atom. The third-order valence-electron chi connectivity index (χ3n) is 2.47. The molecule has 0 aromatic heterocycles. The van der Waals surface area contributed by atoms with Crippen molar-refractivity contribution in [2.75, 3.05) is 32.2 Å². The van der Waals surface area contributed by atoms with Gasteiger partial charge in [0.2, 0.25) is 0 Å². The van der Waals surface area contributed by atoms with E-state index in [0.29, 0.717) is 17.3 Å². The zero-order chi connectivity index (χ0) is 13.4. The molecule has 0 saturated carbocycles. The van der Waals surface area contributed by atoms with Crippen molar-refractivity contribution in [1.29, 1.82) is 5.26 Å². The molecular weight excluding hydrogens is 246 g/mol. The summed E-state index contributed by atoms with van der Waals surface area (Å²) < 4.78 is 4.97. The second-order valence-electron chi connectivity index (χ2n) is 3.80. The molecule has 0 aliphatic heterocycles. The zero-order valence-electron chi connectivity index (χ0n) is 10.6. The Bertz CT molecular complexity index is 442. The number of hydrogen-bond donors (Lipinski definition) is 1. The van der Waals surface area contributed by atoms with Crippen LogP contribution in [0, 0.1) is 11.3 Å². The lowest BCUT2D eigenvalue weighted by Crippen LogP contribution is -2.37. The molecule has 0 aliphatic rings. The second-order valence-corrected chi connectivity index (χ2v) is 4.19. The monoisotopic (exact) mass is 263 g/mol. The lowest BCUT2D eigenvalue weighted by molar-refractivity contribution is 0.195. The van der Waals surface area contributed by atoms with Crippen LogP contribution in [0.25, 0.3) is 0 Å². The first-order chi connectivity index (χ1) is 8.69. The van der Waals surface area contributed by atoms with E-state index in [-0.39, 0.29) is 0 Å². The Labute approximate surface area is 113 Å². The van der Waals surface area contributed by atoms with E-state index >= 15 is 0 Å². The molecule has 0 unspecified atom stereocenters. The van der Waals surface area contributed by atoms with Crippen LogP contribution in [0.1, 0.15) is 12.0 Å². The van der Waals surface area contributed by atoms with Crippen molar-refractivity contribution >= 4 is 23.0 Å². The molecule has 0 atom stereocenters. The van der Waals surface area contributed by atoms with Crippen LogP contribution in [-0.2, 0) is 4.74 Å². The van der Waals surface area contributed by atoms with E-state index in [1.807, 2.05) is 30.1 Å². The van der Waals surface area contributed by atoms with Crippen molar-refractivity contribution in [2.45, 2.75) is 6.42 Å². The first kappa shape index (κ1) is 14.4. The van der Waals surface area contributed by atoms with E-state index in [1.54, 1.807) is 13.2 Å². The van der Waals surface area contributed by atoms with Gasteiger partial charge in [0.1, 0.15) is 0 Å². The molecule has 18 heavy (non-hydrogen) atoms. The summed E-state index contributed by atoms with van der Waals surface area (Å²) in [5, 5.41) is 12.6. The van der Waals surface area contributed by atoms with Crippen molar-refractivity contribution in [3.05, 3.63) is 29.8 Å². The second kappa shape index (κ2) is 7.64. The molecule has 5 heteroatoms. The van der Waals surface area contributed by atoms with E-state index in [1.165, 1.54) is 0 Å². The average Bonchev–Trinajstić information content (AvgIpc) is 2.42. The lowest BCUT2D eigenvalue weighted by Gasteiger charge is -2.21. The number of thiocarbonyl (C=S) groups is 1. The summed E-state index contributed by atoms with van der Waals surface area (Å²) in [5.74, 6) is 0. The van der Waals surface area contributed by atoms with Crippen LogP contribution in [0.4, 0.5) is 5.69 Å². The van der Waals surface area contributed by atoms with E-state index in [4.69, 9.17) is 22.2 Å². The highest BCUT2D eigenvalue weighted by molar-refractivity contribution is 7.80. The van der Waals surface area contributed by atoms with Gasteiger partial charge in [-0.05, 0) is 36.8 Å². The van der Waals surface area contributed by atoms with E-state index in [0.717, 1.165) is 18.7 Å². The number of nitrogens with one attached hydrogen (secondary N) is 1. The molecule has 0 aliphatic carbocycles. The van der Waals surface area contributed by atoms with Gasteiger partial charge in [0.15, 0.2) is 5.11 Å². The average molecular weight is 263 g/mol. The highest BCUT2D eigenvalue weighted by atomic mass is 32.1. The molecule has 96 valence electrons. The van der Waals surface area contributed by atoms with Gasteiger partial charge in [-0.15, -0.1) is 0 Å². The van der Waals surface area contributed by atoms with Gasteiger partial charge in [-0.1, -0.05) is 6.07 Å². The van der Waals surface area contributed by atoms with Crippen molar-refractivity contribution < 1.29 is 4.74 Å². The minimum atomic E-state index is 0.626. The third kappa shape index (κ3) is 4.32. The minimum Gasteiger partial charge on any atom is -0.385 e. The summed E-state index contributed by atoms with van der Waals surface area (Å²) in [6, 6.07) is 9.46. The maximum Gasteiger partial charge on any atom is 0.173 e. The summed E-state index contributed by atoms with van der Waals surface area (Å²) in [5.41, 5.74) is 1.53. The van der Waals surface area contributed by atoms with Crippen LogP contribution in [0.15, 0.2) is 24.3 Å². The number of hydrogen-bond acceptors (Lipinski definition) is 3. The molecule has 0 spiro atoms. The SMILES string of the molecule is COCCCNC(=S)N(C)c1cccc(C#N)c1. The summed E-state index contributed by atoms with van der Waals surface area (Å²) in [6.07, 6.45) is 0.905. The van der Waals surface area contributed by atoms with Crippen molar-refractivity contribution in [3.8, 4) is 6.07 Å². The molecule has 0 fully saturated rings.